The summed E-state index contributed by atoms with van der Waals surface area (Å²) in [6.07, 6.45) is 4.46. The molecule has 128 valence electrons. The smallest absolute Gasteiger partial charge is 0.242 e. The summed E-state index contributed by atoms with van der Waals surface area (Å²) in [5.74, 6) is 1.37. The van der Waals surface area contributed by atoms with E-state index in [2.05, 4.69) is 16.0 Å². The number of likely N-dealkylation sites (tertiary alicyclic amines) is 1. The number of aryl methyl sites for hydroxylation is 1. The average Bonchev–Trinajstić information content (AvgIpc) is 3.23. The standard InChI is InChI=1S/C19H20N4O2/c1-14-20-9-6-18(21-14)25-16-8-11-23(12-16)19(24)13-22-10-7-15-4-2-3-5-17(15)22/h2-7,9-10,16H,8,11-13H2,1H3/t16-/m1/s1. The fourth-order valence-electron chi connectivity index (χ4n) is 3.25. The van der Waals surface area contributed by atoms with Crippen molar-refractivity contribution in [3.8, 4) is 5.88 Å². The molecule has 6 heteroatoms. The maximum absolute atomic E-state index is 12.6. The minimum Gasteiger partial charge on any atom is -0.472 e. The molecule has 4 rings (SSSR count). The maximum atomic E-state index is 12.6. The van der Waals surface area contributed by atoms with Crippen LogP contribution in [0.3, 0.4) is 0 Å². The zero-order chi connectivity index (χ0) is 17.2. The van der Waals surface area contributed by atoms with Crippen LogP contribution in [0.25, 0.3) is 10.9 Å². The van der Waals surface area contributed by atoms with Crippen LogP contribution in [0.5, 0.6) is 5.88 Å². The molecule has 0 radical (unpaired) electrons. The Balaban J connectivity index is 1.39. The van der Waals surface area contributed by atoms with Crippen LogP contribution >= 0.6 is 0 Å². The van der Waals surface area contributed by atoms with Crippen molar-refractivity contribution in [2.75, 3.05) is 13.1 Å². The zero-order valence-corrected chi connectivity index (χ0v) is 14.1. The van der Waals surface area contributed by atoms with Gasteiger partial charge in [0, 0.05) is 36.9 Å². The van der Waals surface area contributed by atoms with Crippen molar-refractivity contribution in [3.63, 3.8) is 0 Å². The minimum atomic E-state index is -0.0142. The lowest BCUT2D eigenvalue weighted by Crippen LogP contribution is -2.33. The van der Waals surface area contributed by atoms with Crippen molar-refractivity contribution in [3.05, 3.63) is 54.6 Å². The molecular weight excluding hydrogens is 316 g/mol. The van der Waals surface area contributed by atoms with Crippen LogP contribution in [0.1, 0.15) is 12.2 Å². The van der Waals surface area contributed by atoms with Gasteiger partial charge in [0.2, 0.25) is 11.8 Å². The Hall–Kier alpha value is -2.89. The lowest BCUT2D eigenvalue weighted by atomic mass is 10.2. The fourth-order valence-corrected chi connectivity index (χ4v) is 3.25. The summed E-state index contributed by atoms with van der Waals surface area (Å²) >= 11 is 0. The van der Waals surface area contributed by atoms with Gasteiger partial charge in [-0.3, -0.25) is 4.79 Å². The van der Waals surface area contributed by atoms with Crippen molar-refractivity contribution in [1.29, 1.82) is 0 Å². The lowest BCUT2D eigenvalue weighted by Gasteiger charge is -2.17. The van der Waals surface area contributed by atoms with Gasteiger partial charge < -0.3 is 14.2 Å². The van der Waals surface area contributed by atoms with Crippen molar-refractivity contribution in [2.24, 2.45) is 0 Å². The number of nitrogens with zero attached hydrogens (tertiary/aromatic N) is 4. The van der Waals surface area contributed by atoms with Gasteiger partial charge in [-0.15, -0.1) is 0 Å². The number of aromatic nitrogens is 3. The first-order chi connectivity index (χ1) is 12.2. The van der Waals surface area contributed by atoms with Gasteiger partial charge >= 0.3 is 0 Å². The van der Waals surface area contributed by atoms with Crippen molar-refractivity contribution < 1.29 is 9.53 Å². The number of amides is 1. The molecule has 0 aliphatic carbocycles. The van der Waals surface area contributed by atoms with Gasteiger partial charge in [0.1, 0.15) is 18.5 Å². The Morgan fingerprint density at radius 1 is 1.28 bits per heavy atom. The van der Waals surface area contributed by atoms with Crippen LogP contribution in [-0.2, 0) is 11.3 Å². The molecule has 2 aromatic heterocycles. The van der Waals surface area contributed by atoms with Crippen LogP contribution in [0, 0.1) is 6.92 Å². The van der Waals surface area contributed by atoms with E-state index in [-0.39, 0.29) is 12.0 Å². The van der Waals surface area contributed by atoms with Crippen LogP contribution < -0.4 is 4.74 Å². The molecule has 0 saturated carbocycles. The average molecular weight is 336 g/mol. The van der Waals surface area contributed by atoms with Crippen molar-refractivity contribution >= 4 is 16.8 Å². The molecule has 1 saturated heterocycles. The molecule has 3 aromatic rings. The number of carbonyl (C=O) groups is 1. The second-order valence-electron chi connectivity index (χ2n) is 6.31. The summed E-state index contributed by atoms with van der Waals surface area (Å²) < 4.78 is 7.89. The number of fused-ring (bicyclic) bond motifs is 1. The van der Waals surface area contributed by atoms with Gasteiger partial charge in [0.15, 0.2) is 0 Å². The van der Waals surface area contributed by atoms with E-state index in [1.54, 1.807) is 12.3 Å². The molecule has 0 unspecified atom stereocenters. The molecule has 1 aromatic carbocycles. The summed E-state index contributed by atoms with van der Waals surface area (Å²) in [6.45, 7) is 3.50. The Morgan fingerprint density at radius 2 is 2.16 bits per heavy atom. The highest BCUT2D eigenvalue weighted by Gasteiger charge is 2.28. The summed E-state index contributed by atoms with van der Waals surface area (Å²) in [7, 11) is 0. The quantitative estimate of drug-likeness (QED) is 0.734. The predicted octanol–water partition coefficient (Wildman–Crippen LogP) is 2.42. The first kappa shape index (κ1) is 15.6. The second kappa shape index (κ2) is 6.55. The van der Waals surface area contributed by atoms with Crippen LogP contribution in [0.15, 0.2) is 48.8 Å². The summed E-state index contributed by atoms with van der Waals surface area (Å²) in [5.41, 5.74) is 1.08. The molecule has 1 aliphatic rings. The predicted molar refractivity (Wildman–Crippen MR) is 94.3 cm³/mol. The van der Waals surface area contributed by atoms with Crippen LogP contribution in [0.4, 0.5) is 0 Å². The summed E-state index contributed by atoms with van der Waals surface area (Å²) in [4.78, 5) is 22.8. The van der Waals surface area contributed by atoms with Crippen LogP contribution in [-0.4, -0.2) is 44.5 Å². The highest BCUT2D eigenvalue weighted by atomic mass is 16.5. The third-order valence-electron chi connectivity index (χ3n) is 4.52. The number of hydrogen-bond acceptors (Lipinski definition) is 4. The molecule has 0 bridgehead atoms. The molecule has 1 fully saturated rings. The number of para-hydroxylation sites is 1. The van der Waals surface area contributed by atoms with E-state index in [0.717, 1.165) is 17.3 Å². The van der Waals surface area contributed by atoms with Gasteiger partial charge in [0.25, 0.3) is 0 Å². The Bertz CT molecular complexity index is 905. The second-order valence-corrected chi connectivity index (χ2v) is 6.31. The van der Waals surface area contributed by atoms with E-state index in [1.165, 1.54) is 0 Å². The lowest BCUT2D eigenvalue weighted by molar-refractivity contribution is -0.131. The number of carbonyl (C=O) groups excluding carboxylic acids is 1. The first-order valence-electron chi connectivity index (χ1n) is 8.47. The molecule has 0 N–H and O–H groups in total. The number of hydrogen-bond donors (Lipinski definition) is 0. The largest absolute Gasteiger partial charge is 0.472 e. The van der Waals surface area contributed by atoms with E-state index >= 15 is 0 Å². The highest BCUT2D eigenvalue weighted by molar-refractivity contribution is 5.83. The SMILES string of the molecule is Cc1nccc(O[C@@H]2CCN(C(=O)Cn3ccc4ccccc43)C2)n1. The van der Waals surface area contributed by atoms with E-state index in [9.17, 15) is 4.79 Å². The molecule has 3 heterocycles. The number of ether oxygens (including phenoxy) is 1. The molecule has 6 nitrogen and oxygen atoms in total. The van der Waals surface area contributed by atoms with Crippen molar-refractivity contribution in [1.82, 2.24) is 19.4 Å². The molecule has 1 amide bonds. The monoisotopic (exact) mass is 336 g/mol. The maximum Gasteiger partial charge on any atom is 0.242 e. The van der Waals surface area contributed by atoms with E-state index < -0.39 is 0 Å². The van der Waals surface area contributed by atoms with E-state index in [0.29, 0.717) is 31.3 Å². The third kappa shape index (κ3) is 3.33. The van der Waals surface area contributed by atoms with Crippen LogP contribution in [0.2, 0.25) is 0 Å². The highest BCUT2D eigenvalue weighted by Crippen LogP contribution is 2.19. The normalized spacial score (nSPS) is 17.2. The van der Waals surface area contributed by atoms with Gasteiger partial charge in [-0.1, -0.05) is 18.2 Å². The fraction of sp³-hybridized carbons (Fsp3) is 0.316. The Morgan fingerprint density at radius 3 is 3.04 bits per heavy atom. The van der Waals surface area contributed by atoms with Gasteiger partial charge in [0.05, 0.1) is 6.54 Å². The van der Waals surface area contributed by atoms with Gasteiger partial charge in [-0.25, -0.2) is 4.98 Å². The molecule has 0 spiro atoms. The third-order valence-corrected chi connectivity index (χ3v) is 4.52. The van der Waals surface area contributed by atoms with E-state index in [1.807, 2.05) is 46.9 Å². The summed E-state index contributed by atoms with van der Waals surface area (Å²) in [5, 5.41) is 1.15. The molecule has 1 aliphatic heterocycles. The Kier molecular flexibility index (Phi) is 4.09. The topological polar surface area (TPSA) is 60.2 Å². The van der Waals surface area contributed by atoms with Gasteiger partial charge in [-0.05, 0) is 24.4 Å². The minimum absolute atomic E-state index is 0.0142. The molecule has 1 atom stereocenters. The first-order valence-corrected chi connectivity index (χ1v) is 8.47. The summed E-state index contributed by atoms with van der Waals surface area (Å²) in [6, 6.07) is 11.9. The Labute approximate surface area is 146 Å². The van der Waals surface area contributed by atoms with E-state index in [4.69, 9.17) is 4.74 Å². The number of benzene rings is 1. The van der Waals surface area contributed by atoms with Gasteiger partial charge in [-0.2, -0.15) is 4.98 Å². The zero-order valence-electron chi connectivity index (χ0n) is 14.1. The van der Waals surface area contributed by atoms with Crippen molar-refractivity contribution in [2.45, 2.75) is 26.0 Å². The number of rotatable bonds is 4. The molecular formula is C19H20N4O2. The molecule has 25 heavy (non-hydrogen) atoms.